The summed E-state index contributed by atoms with van der Waals surface area (Å²) in [5.41, 5.74) is 11.0. The van der Waals surface area contributed by atoms with E-state index < -0.39 is 0 Å². The largest absolute Gasteiger partial charge is 0.383 e. The van der Waals surface area contributed by atoms with Gasteiger partial charge < -0.3 is 21.5 Å². The monoisotopic (exact) mass is 239 g/mol. The van der Waals surface area contributed by atoms with Gasteiger partial charge in [0.05, 0.1) is 0 Å². The van der Waals surface area contributed by atoms with E-state index in [1.807, 2.05) is 0 Å². The van der Waals surface area contributed by atoms with Crippen molar-refractivity contribution in [1.29, 1.82) is 0 Å². The van der Waals surface area contributed by atoms with Gasteiger partial charge >= 0.3 is 0 Å². The number of aromatic nitrogens is 2. The molecule has 6 nitrogen and oxygen atoms in total. The molecule has 96 valence electrons. The first-order valence-electron chi connectivity index (χ1n) is 5.79. The van der Waals surface area contributed by atoms with Crippen molar-refractivity contribution in [3.8, 4) is 0 Å². The van der Waals surface area contributed by atoms with Gasteiger partial charge in [0, 0.05) is 25.8 Å². The van der Waals surface area contributed by atoms with Crippen LogP contribution >= 0.6 is 0 Å². The number of nitrogens with two attached hydrogens (primary N) is 2. The second kappa shape index (κ2) is 6.90. The number of rotatable bonds is 7. The fourth-order valence-corrected chi connectivity index (χ4v) is 1.29. The minimum atomic E-state index is 0.184. The summed E-state index contributed by atoms with van der Waals surface area (Å²) in [4.78, 5) is 7.81. The molecule has 0 fully saturated rings. The van der Waals surface area contributed by atoms with E-state index >= 15 is 0 Å². The summed E-state index contributed by atoms with van der Waals surface area (Å²) in [6.07, 6.45) is 0.913. The van der Waals surface area contributed by atoms with Gasteiger partial charge in [0.2, 0.25) is 5.95 Å². The van der Waals surface area contributed by atoms with Crippen molar-refractivity contribution in [1.82, 2.24) is 9.97 Å². The highest BCUT2D eigenvalue weighted by atomic mass is 16.5. The molecule has 6 heteroatoms. The second-order valence-electron chi connectivity index (χ2n) is 4.29. The summed E-state index contributed by atoms with van der Waals surface area (Å²) in [5, 5.41) is 3.12. The van der Waals surface area contributed by atoms with Crippen molar-refractivity contribution in [3.05, 3.63) is 6.07 Å². The fourth-order valence-electron chi connectivity index (χ4n) is 1.29. The molecule has 0 saturated carbocycles. The molecule has 1 aromatic heterocycles. The Hall–Kier alpha value is -1.56. The Morgan fingerprint density at radius 3 is 2.76 bits per heavy atom. The lowest BCUT2D eigenvalue weighted by Crippen LogP contribution is -2.10. The second-order valence-corrected chi connectivity index (χ2v) is 4.29. The van der Waals surface area contributed by atoms with Crippen molar-refractivity contribution in [2.75, 3.05) is 36.5 Å². The minimum Gasteiger partial charge on any atom is -0.383 e. The zero-order chi connectivity index (χ0) is 12.7. The third-order valence-electron chi connectivity index (χ3n) is 1.99. The third-order valence-corrected chi connectivity index (χ3v) is 1.99. The molecule has 0 aliphatic rings. The van der Waals surface area contributed by atoms with E-state index in [1.165, 1.54) is 0 Å². The van der Waals surface area contributed by atoms with Gasteiger partial charge in [-0.15, -0.1) is 0 Å². The zero-order valence-corrected chi connectivity index (χ0v) is 10.4. The van der Waals surface area contributed by atoms with E-state index in [0.717, 1.165) is 26.2 Å². The van der Waals surface area contributed by atoms with Crippen LogP contribution in [0, 0.1) is 5.92 Å². The van der Waals surface area contributed by atoms with Crippen molar-refractivity contribution in [2.45, 2.75) is 20.3 Å². The van der Waals surface area contributed by atoms with E-state index in [2.05, 4.69) is 29.1 Å². The van der Waals surface area contributed by atoms with Gasteiger partial charge in [0.15, 0.2) is 0 Å². The molecule has 0 radical (unpaired) electrons. The van der Waals surface area contributed by atoms with Crippen molar-refractivity contribution in [2.24, 2.45) is 5.92 Å². The number of nitrogen functional groups attached to an aromatic ring is 2. The first-order chi connectivity index (χ1) is 8.08. The molecular weight excluding hydrogens is 218 g/mol. The molecule has 0 unspecified atom stereocenters. The average molecular weight is 239 g/mol. The summed E-state index contributed by atoms with van der Waals surface area (Å²) < 4.78 is 5.46. The highest BCUT2D eigenvalue weighted by Crippen LogP contribution is 2.08. The first kappa shape index (κ1) is 13.5. The number of ether oxygens (including phenoxy) is 1. The van der Waals surface area contributed by atoms with Gasteiger partial charge in [-0.2, -0.15) is 9.97 Å². The van der Waals surface area contributed by atoms with Crippen LogP contribution in [-0.4, -0.2) is 29.7 Å². The Morgan fingerprint density at radius 1 is 1.35 bits per heavy atom. The fraction of sp³-hybridized carbons (Fsp3) is 0.636. The van der Waals surface area contributed by atoms with Crippen LogP contribution in [0.3, 0.4) is 0 Å². The standard InChI is InChI=1S/C11H21N5O/c1-8(2)7-17-5-3-4-14-10-6-9(12)15-11(13)16-10/h6,8H,3-5,7H2,1-2H3,(H5,12,13,14,15,16). The quantitative estimate of drug-likeness (QED) is 0.616. The number of nitrogens with zero attached hydrogens (tertiary/aromatic N) is 2. The van der Waals surface area contributed by atoms with Crippen LogP contribution < -0.4 is 16.8 Å². The zero-order valence-electron chi connectivity index (χ0n) is 10.4. The van der Waals surface area contributed by atoms with E-state index in [1.54, 1.807) is 6.07 Å². The van der Waals surface area contributed by atoms with E-state index in [4.69, 9.17) is 16.2 Å². The lowest BCUT2D eigenvalue weighted by Gasteiger charge is -2.08. The molecule has 0 aliphatic heterocycles. The normalized spacial score (nSPS) is 10.8. The average Bonchev–Trinajstić information content (AvgIpc) is 2.21. The van der Waals surface area contributed by atoms with Crippen LogP contribution in [0.5, 0.6) is 0 Å². The predicted molar refractivity (Wildman–Crippen MR) is 69.6 cm³/mol. The lowest BCUT2D eigenvalue weighted by molar-refractivity contribution is 0.110. The van der Waals surface area contributed by atoms with Gasteiger partial charge in [-0.3, -0.25) is 0 Å². The smallest absolute Gasteiger partial charge is 0.223 e. The Bertz CT molecular complexity index is 322. The maximum Gasteiger partial charge on any atom is 0.223 e. The Kier molecular flexibility index (Phi) is 5.48. The maximum absolute atomic E-state index is 5.55. The van der Waals surface area contributed by atoms with Crippen LogP contribution in [0.15, 0.2) is 6.07 Å². The van der Waals surface area contributed by atoms with Crippen LogP contribution in [0.2, 0.25) is 0 Å². The van der Waals surface area contributed by atoms with Gasteiger partial charge in [0.1, 0.15) is 11.6 Å². The van der Waals surface area contributed by atoms with E-state index in [9.17, 15) is 0 Å². The predicted octanol–water partition coefficient (Wildman–Crippen LogP) is 1.12. The maximum atomic E-state index is 5.55. The number of hydrogen-bond acceptors (Lipinski definition) is 6. The molecule has 0 aromatic carbocycles. The summed E-state index contributed by atoms with van der Waals surface area (Å²) in [7, 11) is 0. The number of hydrogen-bond donors (Lipinski definition) is 3. The molecular formula is C11H21N5O. The summed E-state index contributed by atoms with van der Waals surface area (Å²) in [6, 6.07) is 1.66. The van der Waals surface area contributed by atoms with Crippen LogP contribution in [-0.2, 0) is 4.74 Å². The van der Waals surface area contributed by atoms with Gasteiger partial charge in [0.25, 0.3) is 0 Å². The topological polar surface area (TPSA) is 99.1 Å². The van der Waals surface area contributed by atoms with Crippen molar-refractivity contribution in [3.63, 3.8) is 0 Å². The van der Waals surface area contributed by atoms with Crippen LogP contribution in [0.25, 0.3) is 0 Å². The lowest BCUT2D eigenvalue weighted by atomic mass is 10.2. The Morgan fingerprint density at radius 2 is 2.12 bits per heavy atom. The summed E-state index contributed by atoms with van der Waals surface area (Å²) >= 11 is 0. The molecule has 17 heavy (non-hydrogen) atoms. The van der Waals surface area contributed by atoms with Gasteiger partial charge in [-0.25, -0.2) is 0 Å². The molecule has 1 heterocycles. The van der Waals surface area contributed by atoms with Crippen LogP contribution in [0.1, 0.15) is 20.3 Å². The van der Waals surface area contributed by atoms with Gasteiger partial charge in [-0.1, -0.05) is 13.8 Å². The molecule has 0 saturated heterocycles. The van der Waals surface area contributed by atoms with E-state index in [0.29, 0.717) is 17.6 Å². The number of anilines is 3. The van der Waals surface area contributed by atoms with E-state index in [-0.39, 0.29) is 5.95 Å². The minimum absolute atomic E-state index is 0.184. The molecule has 0 aliphatic carbocycles. The number of nitrogens with one attached hydrogen (secondary N) is 1. The molecule has 5 N–H and O–H groups in total. The highest BCUT2D eigenvalue weighted by Gasteiger charge is 1.99. The molecule has 1 rings (SSSR count). The molecule has 0 bridgehead atoms. The Labute approximate surface area is 102 Å². The summed E-state index contributed by atoms with van der Waals surface area (Å²) in [5.74, 6) is 1.78. The molecule has 1 aromatic rings. The van der Waals surface area contributed by atoms with Gasteiger partial charge in [-0.05, 0) is 12.3 Å². The summed E-state index contributed by atoms with van der Waals surface area (Å²) in [6.45, 7) is 6.57. The third kappa shape index (κ3) is 5.91. The first-order valence-corrected chi connectivity index (χ1v) is 5.79. The SMILES string of the molecule is CC(C)COCCCNc1cc(N)nc(N)n1. The van der Waals surface area contributed by atoms with Crippen molar-refractivity contribution >= 4 is 17.6 Å². The van der Waals surface area contributed by atoms with Crippen molar-refractivity contribution < 1.29 is 4.74 Å². The highest BCUT2D eigenvalue weighted by molar-refractivity contribution is 5.48. The molecule has 0 atom stereocenters. The Balaban J connectivity index is 2.18. The van der Waals surface area contributed by atoms with Crippen LogP contribution in [0.4, 0.5) is 17.6 Å². The molecule has 0 amide bonds. The molecule has 0 spiro atoms.